The molecule has 0 aromatic carbocycles. The molecule has 5 saturated carbocycles. The van der Waals surface area contributed by atoms with Crippen LogP contribution in [0.2, 0.25) is 0 Å². The van der Waals surface area contributed by atoms with Crippen molar-refractivity contribution in [2.45, 2.75) is 106 Å². The number of carboxylic acids is 1. The summed E-state index contributed by atoms with van der Waals surface area (Å²) in [6, 6.07) is 0. The first kappa shape index (κ1) is 23.6. The molecule has 5 aliphatic rings. The Balaban J connectivity index is 1.57. The van der Waals surface area contributed by atoms with Gasteiger partial charge in [0.15, 0.2) is 0 Å². The van der Waals surface area contributed by atoms with E-state index in [2.05, 4.69) is 48.1 Å². The monoisotopic (exact) mass is 454 g/mol. The van der Waals surface area contributed by atoms with E-state index >= 15 is 0 Å². The zero-order valence-corrected chi connectivity index (χ0v) is 21.9. The summed E-state index contributed by atoms with van der Waals surface area (Å²) < 4.78 is 0. The number of Topliss-reactive ketones (excluding diaryl/α,β-unsaturated/α-hetero) is 1. The number of allylic oxidation sites excluding steroid dienone is 1. The summed E-state index contributed by atoms with van der Waals surface area (Å²) in [6.45, 7) is 18.5. The first-order valence-corrected chi connectivity index (χ1v) is 13.7. The highest BCUT2D eigenvalue weighted by molar-refractivity contribution is 5.85. The van der Waals surface area contributed by atoms with E-state index in [0.717, 1.165) is 51.4 Å². The quantitative estimate of drug-likeness (QED) is 0.445. The molecule has 9 atom stereocenters. The first-order chi connectivity index (χ1) is 15.3. The van der Waals surface area contributed by atoms with Crippen molar-refractivity contribution < 1.29 is 14.7 Å². The summed E-state index contributed by atoms with van der Waals surface area (Å²) in [7, 11) is 0. The van der Waals surface area contributed by atoms with Gasteiger partial charge >= 0.3 is 5.97 Å². The third-order valence-corrected chi connectivity index (χ3v) is 13.2. The third kappa shape index (κ3) is 2.69. The Labute approximate surface area is 201 Å². The van der Waals surface area contributed by atoms with Crippen molar-refractivity contribution in [1.82, 2.24) is 0 Å². The van der Waals surface area contributed by atoms with Crippen LogP contribution in [0.5, 0.6) is 0 Å². The van der Waals surface area contributed by atoms with E-state index in [1.165, 1.54) is 18.4 Å². The third-order valence-electron chi connectivity index (χ3n) is 13.2. The Kier molecular flexibility index (Phi) is 4.99. The molecule has 0 aromatic heterocycles. The molecule has 0 unspecified atom stereocenters. The number of fused-ring (bicyclic) bond motifs is 7. The van der Waals surface area contributed by atoms with E-state index in [-0.39, 0.29) is 27.6 Å². The summed E-state index contributed by atoms with van der Waals surface area (Å²) in [5.41, 5.74) is 1.03. The molecule has 0 saturated heterocycles. The highest BCUT2D eigenvalue weighted by Crippen LogP contribution is 2.77. The lowest BCUT2D eigenvalue weighted by atomic mass is 9.32. The second kappa shape index (κ2) is 6.97. The predicted octanol–water partition coefficient (Wildman–Crippen LogP) is 7.30. The molecule has 0 bridgehead atoms. The lowest BCUT2D eigenvalue weighted by Crippen LogP contribution is -2.66. The maximum Gasteiger partial charge on any atom is 0.309 e. The van der Waals surface area contributed by atoms with Gasteiger partial charge in [-0.05, 0) is 111 Å². The average Bonchev–Trinajstić information content (AvgIpc) is 3.13. The van der Waals surface area contributed by atoms with Crippen LogP contribution >= 0.6 is 0 Å². The average molecular weight is 455 g/mol. The SMILES string of the molecule is C=C(C)[C@@H]1CC[C@@]2(C(=O)O)CC[C@]3(C)[C@H](CC[C@H]4[C@@]5(C)CCC(=O)C(C)(C)[C@H]5CC[C@@]43C)[C@@H]12. The number of ketones is 1. The van der Waals surface area contributed by atoms with Crippen LogP contribution in [0.3, 0.4) is 0 Å². The number of hydrogen-bond donors (Lipinski definition) is 1. The normalized spacial score (nSPS) is 52.8. The molecule has 33 heavy (non-hydrogen) atoms. The van der Waals surface area contributed by atoms with Crippen LogP contribution in [0.1, 0.15) is 106 Å². The van der Waals surface area contributed by atoms with Crippen molar-refractivity contribution in [3.05, 3.63) is 12.2 Å². The summed E-state index contributed by atoms with van der Waals surface area (Å²) in [6.07, 6.45) is 10.1. The highest BCUT2D eigenvalue weighted by atomic mass is 16.4. The summed E-state index contributed by atoms with van der Waals surface area (Å²) in [4.78, 5) is 25.7. The number of carboxylic acid groups (broad SMARTS) is 1. The topological polar surface area (TPSA) is 54.4 Å². The van der Waals surface area contributed by atoms with Gasteiger partial charge < -0.3 is 5.11 Å². The van der Waals surface area contributed by atoms with Gasteiger partial charge in [-0.2, -0.15) is 0 Å². The van der Waals surface area contributed by atoms with Gasteiger partial charge in [0.05, 0.1) is 5.41 Å². The summed E-state index contributed by atoms with van der Waals surface area (Å²) in [5, 5.41) is 10.5. The molecule has 0 amide bonds. The second-order valence-corrected chi connectivity index (χ2v) is 14.3. The van der Waals surface area contributed by atoms with Crippen LogP contribution in [-0.2, 0) is 9.59 Å². The van der Waals surface area contributed by atoms with Crippen LogP contribution in [-0.4, -0.2) is 16.9 Å². The maximum absolute atomic E-state index is 12.9. The van der Waals surface area contributed by atoms with E-state index in [1.807, 2.05) is 0 Å². The van der Waals surface area contributed by atoms with Gasteiger partial charge in [-0.15, -0.1) is 0 Å². The number of carbonyl (C=O) groups excluding carboxylic acids is 1. The number of rotatable bonds is 2. The number of hydrogen-bond acceptors (Lipinski definition) is 2. The molecule has 0 heterocycles. The van der Waals surface area contributed by atoms with Crippen molar-refractivity contribution >= 4 is 11.8 Å². The van der Waals surface area contributed by atoms with E-state index in [0.29, 0.717) is 29.5 Å². The second-order valence-electron chi connectivity index (χ2n) is 14.3. The number of carbonyl (C=O) groups is 2. The Bertz CT molecular complexity index is 902. The molecule has 0 aromatic rings. The molecule has 0 radical (unpaired) electrons. The fourth-order valence-corrected chi connectivity index (χ4v) is 11.3. The molecule has 3 nitrogen and oxygen atoms in total. The minimum absolute atomic E-state index is 0.164. The summed E-state index contributed by atoms with van der Waals surface area (Å²) in [5.74, 6) is 2.07. The van der Waals surface area contributed by atoms with Crippen molar-refractivity contribution in [1.29, 1.82) is 0 Å². The predicted molar refractivity (Wildman–Crippen MR) is 132 cm³/mol. The van der Waals surface area contributed by atoms with Crippen LogP contribution in [0, 0.1) is 56.7 Å². The van der Waals surface area contributed by atoms with Gasteiger partial charge in [0.1, 0.15) is 5.78 Å². The highest BCUT2D eigenvalue weighted by Gasteiger charge is 2.72. The maximum atomic E-state index is 12.9. The van der Waals surface area contributed by atoms with Crippen LogP contribution in [0.4, 0.5) is 0 Å². The minimum atomic E-state index is -0.547. The van der Waals surface area contributed by atoms with Gasteiger partial charge in [0.2, 0.25) is 0 Å². The smallest absolute Gasteiger partial charge is 0.309 e. The fraction of sp³-hybridized carbons (Fsp3) is 0.867. The van der Waals surface area contributed by atoms with Gasteiger partial charge in [-0.1, -0.05) is 46.8 Å². The van der Waals surface area contributed by atoms with Crippen LogP contribution in [0.25, 0.3) is 0 Å². The molecule has 0 aliphatic heterocycles. The van der Waals surface area contributed by atoms with Gasteiger partial charge in [0.25, 0.3) is 0 Å². The van der Waals surface area contributed by atoms with E-state index in [9.17, 15) is 14.7 Å². The van der Waals surface area contributed by atoms with Crippen molar-refractivity contribution in [2.24, 2.45) is 56.7 Å². The van der Waals surface area contributed by atoms with E-state index in [4.69, 9.17) is 0 Å². The standard InChI is InChI=1S/C30H46O3/c1-18(2)19-10-15-30(25(32)33)17-16-28(6)20(24(19)30)8-9-22-27(5)13-12-23(31)26(3,4)21(27)11-14-29(22,28)7/h19-22,24H,1,8-17H2,2-7H3,(H,32,33)/t19-,20+,21+,22-,24+,27-,28+,29-,30+/m0/s1. The Morgan fingerprint density at radius 3 is 2.21 bits per heavy atom. The van der Waals surface area contributed by atoms with Crippen molar-refractivity contribution in [3.63, 3.8) is 0 Å². The molecule has 5 rings (SSSR count). The molecule has 1 N–H and O–H groups in total. The van der Waals surface area contributed by atoms with Gasteiger partial charge in [-0.3, -0.25) is 9.59 Å². The fourth-order valence-electron chi connectivity index (χ4n) is 11.3. The van der Waals surface area contributed by atoms with Gasteiger partial charge in [-0.25, -0.2) is 0 Å². The molecule has 0 spiro atoms. The Morgan fingerprint density at radius 2 is 1.58 bits per heavy atom. The zero-order chi connectivity index (χ0) is 24.2. The van der Waals surface area contributed by atoms with Crippen molar-refractivity contribution in [3.8, 4) is 0 Å². The van der Waals surface area contributed by atoms with E-state index in [1.54, 1.807) is 0 Å². The molecular weight excluding hydrogens is 408 g/mol. The zero-order valence-electron chi connectivity index (χ0n) is 21.9. The Hall–Kier alpha value is -1.12. The molecule has 184 valence electrons. The largest absolute Gasteiger partial charge is 0.481 e. The molecular formula is C30H46O3. The molecule has 3 heteroatoms. The van der Waals surface area contributed by atoms with Gasteiger partial charge in [0, 0.05) is 11.8 Å². The van der Waals surface area contributed by atoms with Crippen LogP contribution in [0.15, 0.2) is 12.2 Å². The summed E-state index contributed by atoms with van der Waals surface area (Å²) >= 11 is 0. The molecule has 5 fully saturated rings. The molecule has 5 aliphatic carbocycles. The number of aliphatic carboxylic acids is 1. The van der Waals surface area contributed by atoms with Crippen molar-refractivity contribution in [2.75, 3.05) is 0 Å². The first-order valence-electron chi connectivity index (χ1n) is 13.7. The van der Waals surface area contributed by atoms with E-state index < -0.39 is 11.4 Å². The lowest BCUT2D eigenvalue weighted by Gasteiger charge is -2.72. The van der Waals surface area contributed by atoms with Crippen LogP contribution < -0.4 is 0 Å². The lowest BCUT2D eigenvalue weighted by molar-refractivity contribution is -0.235. The Morgan fingerprint density at radius 1 is 0.879 bits per heavy atom. The minimum Gasteiger partial charge on any atom is -0.481 e.